The van der Waals surface area contributed by atoms with E-state index in [4.69, 9.17) is 5.73 Å². The number of aryl methyl sites for hydroxylation is 1. The lowest BCUT2D eigenvalue weighted by atomic mass is 10.2. The van der Waals surface area contributed by atoms with Crippen molar-refractivity contribution < 1.29 is 0 Å². The van der Waals surface area contributed by atoms with Crippen LogP contribution in [0.3, 0.4) is 0 Å². The van der Waals surface area contributed by atoms with Gasteiger partial charge in [-0.15, -0.1) is 23.1 Å². The van der Waals surface area contributed by atoms with Gasteiger partial charge in [-0.25, -0.2) is 0 Å². The van der Waals surface area contributed by atoms with Crippen LogP contribution in [0, 0.1) is 0 Å². The number of halogens is 1. The van der Waals surface area contributed by atoms with E-state index in [1.807, 2.05) is 29.2 Å². The summed E-state index contributed by atoms with van der Waals surface area (Å²) in [5, 5.41) is 2.12. The van der Waals surface area contributed by atoms with Crippen molar-refractivity contribution in [2.45, 2.75) is 23.8 Å². The Morgan fingerprint density at radius 3 is 2.89 bits per heavy atom. The fourth-order valence-electron chi connectivity index (χ4n) is 1.63. The number of hydrogen-bond donors (Lipinski definition) is 1. The molecule has 1 nitrogen and oxygen atoms in total. The molecule has 0 bridgehead atoms. The first-order chi connectivity index (χ1) is 8.74. The molecular formula is C14H16BrNS2. The fraction of sp³-hybridized carbons (Fsp3) is 0.286. The Bertz CT molecular complexity index is 470. The van der Waals surface area contributed by atoms with Crippen LogP contribution in [0.15, 0.2) is 51.1 Å². The number of benzene rings is 1. The maximum Gasteiger partial charge on any atom is 0.0186 e. The molecule has 0 saturated carbocycles. The average Bonchev–Trinajstić information content (AvgIpc) is 2.87. The largest absolute Gasteiger partial charge is 0.327 e. The quantitative estimate of drug-likeness (QED) is 0.779. The highest BCUT2D eigenvalue weighted by Gasteiger charge is 2.05. The van der Waals surface area contributed by atoms with E-state index < -0.39 is 0 Å². The number of rotatable bonds is 6. The summed E-state index contributed by atoms with van der Waals surface area (Å²) in [6.45, 7) is 0. The molecule has 0 aliphatic rings. The molecule has 96 valence electrons. The second-order valence-corrected chi connectivity index (χ2v) is 7.19. The Hall–Kier alpha value is -0.290. The summed E-state index contributed by atoms with van der Waals surface area (Å²) in [6, 6.07) is 12.9. The summed E-state index contributed by atoms with van der Waals surface area (Å²) in [5.74, 6) is 0.974. The topological polar surface area (TPSA) is 26.0 Å². The van der Waals surface area contributed by atoms with Crippen molar-refractivity contribution >= 4 is 39.0 Å². The van der Waals surface area contributed by atoms with Gasteiger partial charge in [0.1, 0.15) is 0 Å². The predicted octanol–water partition coefficient (Wildman–Crippen LogP) is 4.56. The summed E-state index contributed by atoms with van der Waals surface area (Å²) < 4.78 is 1.12. The normalized spacial score (nSPS) is 12.6. The van der Waals surface area contributed by atoms with Crippen molar-refractivity contribution in [1.82, 2.24) is 0 Å². The van der Waals surface area contributed by atoms with Crippen molar-refractivity contribution in [2.24, 2.45) is 5.73 Å². The molecule has 1 aromatic carbocycles. The van der Waals surface area contributed by atoms with E-state index in [0.29, 0.717) is 0 Å². The van der Waals surface area contributed by atoms with Crippen LogP contribution in [0.5, 0.6) is 0 Å². The lowest BCUT2D eigenvalue weighted by Gasteiger charge is -2.10. The number of thiophene rings is 1. The van der Waals surface area contributed by atoms with Crippen LogP contribution in [0.25, 0.3) is 0 Å². The Morgan fingerprint density at radius 2 is 2.17 bits per heavy atom. The molecule has 1 heterocycles. The van der Waals surface area contributed by atoms with Crippen molar-refractivity contribution in [2.75, 3.05) is 5.75 Å². The third-order valence-corrected chi connectivity index (χ3v) is 5.21. The summed E-state index contributed by atoms with van der Waals surface area (Å²) in [7, 11) is 0. The first-order valence-electron chi connectivity index (χ1n) is 5.90. The van der Waals surface area contributed by atoms with Crippen LogP contribution in [0.4, 0.5) is 0 Å². The molecule has 1 atom stereocenters. The molecule has 0 radical (unpaired) electrons. The molecule has 2 N–H and O–H groups in total. The van der Waals surface area contributed by atoms with Crippen LogP contribution >= 0.6 is 39.0 Å². The summed E-state index contributed by atoms with van der Waals surface area (Å²) in [5.41, 5.74) is 6.15. The second kappa shape index (κ2) is 7.34. The monoisotopic (exact) mass is 341 g/mol. The van der Waals surface area contributed by atoms with E-state index >= 15 is 0 Å². The van der Waals surface area contributed by atoms with E-state index in [9.17, 15) is 0 Å². The van der Waals surface area contributed by atoms with Crippen LogP contribution in [0.2, 0.25) is 0 Å². The van der Waals surface area contributed by atoms with Crippen LogP contribution in [-0.2, 0) is 6.42 Å². The van der Waals surface area contributed by atoms with Gasteiger partial charge in [0, 0.05) is 26.0 Å². The first kappa shape index (κ1) is 14.1. The molecule has 4 heteroatoms. The first-order valence-corrected chi connectivity index (χ1v) is 8.56. The van der Waals surface area contributed by atoms with Crippen molar-refractivity contribution in [3.63, 3.8) is 0 Å². The SMILES string of the molecule is NC(CCc1cccs1)CSc1cccc(Br)c1. The molecule has 0 amide bonds. The number of hydrogen-bond acceptors (Lipinski definition) is 3. The number of nitrogens with two attached hydrogens (primary N) is 1. The molecule has 0 aliphatic carbocycles. The Morgan fingerprint density at radius 1 is 1.28 bits per heavy atom. The van der Waals surface area contributed by atoms with Gasteiger partial charge >= 0.3 is 0 Å². The third kappa shape index (κ3) is 4.76. The minimum atomic E-state index is 0.260. The molecule has 2 aromatic rings. The highest BCUT2D eigenvalue weighted by atomic mass is 79.9. The molecule has 0 fully saturated rings. The zero-order valence-electron chi connectivity index (χ0n) is 10.0. The van der Waals surface area contributed by atoms with Crippen molar-refractivity contribution in [3.05, 3.63) is 51.1 Å². The number of thioether (sulfide) groups is 1. The Labute approximate surface area is 125 Å². The molecule has 0 spiro atoms. The lowest BCUT2D eigenvalue weighted by molar-refractivity contribution is 0.679. The highest BCUT2D eigenvalue weighted by molar-refractivity contribution is 9.10. The van der Waals surface area contributed by atoms with Gasteiger partial charge in [-0.3, -0.25) is 0 Å². The lowest BCUT2D eigenvalue weighted by Crippen LogP contribution is -2.23. The zero-order chi connectivity index (χ0) is 12.8. The van der Waals surface area contributed by atoms with Gasteiger partial charge in [0.05, 0.1) is 0 Å². The predicted molar refractivity (Wildman–Crippen MR) is 85.5 cm³/mol. The van der Waals surface area contributed by atoms with E-state index in [2.05, 4.69) is 51.6 Å². The fourth-order valence-corrected chi connectivity index (χ4v) is 3.86. The highest BCUT2D eigenvalue weighted by Crippen LogP contribution is 2.23. The smallest absolute Gasteiger partial charge is 0.0186 e. The van der Waals surface area contributed by atoms with Gasteiger partial charge in [0.15, 0.2) is 0 Å². The van der Waals surface area contributed by atoms with Gasteiger partial charge in [0.2, 0.25) is 0 Å². The zero-order valence-corrected chi connectivity index (χ0v) is 13.2. The van der Waals surface area contributed by atoms with Gasteiger partial charge in [-0.2, -0.15) is 0 Å². The van der Waals surface area contributed by atoms with Crippen molar-refractivity contribution in [1.29, 1.82) is 0 Å². The van der Waals surface area contributed by atoms with E-state index in [1.165, 1.54) is 9.77 Å². The minimum Gasteiger partial charge on any atom is -0.327 e. The molecule has 0 aliphatic heterocycles. The van der Waals surface area contributed by atoms with E-state index in [0.717, 1.165) is 23.1 Å². The maximum atomic E-state index is 6.15. The minimum absolute atomic E-state index is 0.260. The van der Waals surface area contributed by atoms with Crippen LogP contribution < -0.4 is 5.73 Å². The second-order valence-electron chi connectivity index (χ2n) is 4.15. The van der Waals surface area contributed by atoms with Crippen molar-refractivity contribution in [3.8, 4) is 0 Å². The van der Waals surface area contributed by atoms with Gasteiger partial charge < -0.3 is 5.73 Å². The standard InChI is InChI=1S/C14H16BrNS2/c15-11-3-1-4-14(9-11)18-10-12(16)6-7-13-5-2-8-17-13/h1-5,8-9,12H,6-7,10,16H2. The molecule has 2 rings (SSSR count). The third-order valence-electron chi connectivity index (χ3n) is 2.60. The molecular weight excluding hydrogens is 326 g/mol. The average molecular weight is 342 g/mol. The molecule has 1 unspecified atom stereocenters. The molecule has 18 heavy (non-hydrogen) atoms. The van der Waals surface area contributed by atoms with Crippen LogP contribution in [-0.4, -0.2) is 11.8 Å². The molecule has 0 saturated heterocycles. The van der Waals surface area contributed by atoms with E-state index in [-0.39, 0.29) is 6.04 Å². The van der Waals surface area contributed by atoms with Gasteiger partial charge in [-0.05, 0) is 42.5 Å². The summed E-state index contributed by atoms with van der Waals surface area (Å²) in [4.78, 5) is 2.70. The van der Waals surface area contributed by atoms with Crippen LogP contribution in [0.1, 0.15) is 11.3 Å². The van der Waals surface area contributed by atoms with Gasteiger partial charge in [0.25, 0.3) is 0 Å². The summed E-state index contributed by atoms with van der Waals surface area (Å²) in [6.07, 6.45) is 2.15. The Kier molecular flexibility index (Phi) is 5.76. The maximum absolute atomic E-state index is 6.15. The van der Waals surface area contributed by atoms with Gasteiger partial charge in [-0.1, -0.05) is 28.1 Å². The Balaban J connectivity index is 1.73. The molecule has 1 aromatic heterocycles. The summed E-state index contributed by atoms with van der Waals surface area (Å²) >= 11 is 7.12. The van der Waals surface area contributed by atoms with E-state index in [1.54, 1.807) is 0 Å².